The van der Waals surface area contributed by atoms with Crippen molar-refractivity contribution in [3.8, 4) is 0 Å². The smallest absolute Gasteiger partial charge is 0.0937 e. The summed E-state index contributed by atoms with van der Waals surface area (Å²) in [5.41, 5.74) is 6.12. The molecule has 3 heteroatoms. The van der Waals surface area contributed by atoms with Gasteiger partial charge in [0.1, 0.15) is 0 Å². The van der Waals surface area contributed by atoms with Crippen molar-refractivity contribution in [2.45, 2.75) is 44.6 Å². The van der Waals surface area contributed by atoms with E-state index in [9.17, 15) is 0 Å². The minimum atomic E-state index is 0.318. The van der Waals surface area contributed by atoms with Gasteiger partial charge in [-0.05, 0) is 39.8 Å². The summed E-state index contributed by atoms with van der Waals surface area (Å²) in [7, 11) is 4.29. The van der Waals surface area contributed by atoms with Crippen LogP contribution >= 0.6 is 0 Å². The first-order chi connectivity index (χ1) is 6.60. The summed E-state index contributed by atoms with van der Waals surface area (Å²) in [6.45, 7) is 3.01. The molecule has 0 unspecified atom stereocenters. The van der Waals surface area contributed by atoms with Gasteiger partial charge in [-0.25, -0.2) is 0 Å². The van der Waals surface area contributed by atoms with E-state index in [1.165, 1.54) is 19.3 Å². The molecule has 0 heterocycles. The van der Waals surface area contributed by atoms with Crippen molar-refractivity contribution in [1.29, 1.82) is 0 Å². The van der Waals surface area contributed by atoms with Gasteiger partial charge in [-0.15, -0.1) is 0 Å². The molecule has 0 spiro atoms. The number of hydrogen-bond acceptors (Lipinski definition) is 2. The van der Waals surface area contributed by atoms with Gasteiger partial charge in [-0.2, -0.15) is 0 Å². The Morgan fingerprint density at radius 2 is 2.07 bits per heavy atom. The molecule has 3 nitrogen and oxygen atoms in total. The number of rotatable bonds is 5. The van der Waals surface area contributed by atoms with Crippen LogP contribution in [0.25, 0.3) is 0 Å². The van der Waals surface area contributed by atoms with Gasteiger partial charge in [0, 0.05) is 12.0 Å². The van der Waals surface area contributed by atoms with E-state index in [4.69, 9.17) is 5.73 Å². The number of nitrogens with zero attached hydrogens (tertiary/aromatic N) is 2. The highest BCUT2D eigenvalue weighted by atomic mass is 15.2. The van der Waals surface area contributed by atoms with Crippen molar-refractivity contribution in [1.82, 2.24) is 4.90 Å². The number of hydrogen-bond donors (Lipinski definition) is 1. The SMILES string of the molecule is CCCC(N)=NCC1(N(C)C)CCC1. The molecule has 0 aromatic heterocycles. The minimum absolute atomic E-state index is 0.318. The van der Waals surface area contributed by atoms with E-state index in [0.29, 0.717) is 5.54 Å². The van der Waals surface area contributed by atoms with E-state index in [2.05, 4.69) is 30.9 Å². The Bertz CT molecular complexity index is 205. The average molecular weight is 197 g/mol. The third-order valence-corrected chi connectivity index (χ3v) is 3.32. The highest BCUT2D eigenvalue weighted by Gasteiger charge is 2.38. The molecule has 0 saturated heterocycles. The lowest BCUT2D eigenvalue weighted by Crippen LogP contribution is -2.52. The van der Waals surface area contributed by atoms with Gasteiger partial charge in [0.05, 0.1) is 12.4 Å². The van der Waals surface area contributed by atoms with Crippen LogP contribution in [0, 0.1) is 0 Å². The summed E-state index contributed by atoms with van der Waals surface area (Å²) in [6.07, 6.45) is 5.89. The Kier molecular flexibility index (Phi) is 3.93. The number of amidine groups is 1. The van der Waals surface area contributed by atoms with Gasteiger partial charge >= 0.3 is 0 Å². The summed E-state index contributed by atoms with van der Waals surface area (Å²) in [5, 5.41) is 0. The molecule has 0 aliphatic heterocycles. The molecule has 1 fully saturated rings. The molecule has 82 valence electrons. The van der Waals surface area contributed by atoms with Crippen LogP contribution in [-0.2, 0) is 0 Å². The summed E-state index contributed by atoms with van der Waals surface area (Å²) < 4.78 is 0. The molecule has 1 aliphatic rings. The van der Waals surface area contributed by atoms with E-state index in [0.717, 1.165) is 25.2 Å². The van der Waals surface area contributed by atoms with Crippen LogP contribution in [0.15, 0.2) is 4.99 Å². The molecule has 0 bridgehead atoms. The van der Waals surface area contributed by atoms with E-state index in [1.807, 2.05) is 0 Å². The van der Waals surface area contributed by atoms with Crippen molar-refractivity contribution >= 4 is 5.84 Å². The first kappa shape index (κ1) is 11.5. The highest BCUT2D eigenvalue weighted by Crippen LogP contribution is 2.36. The maximum atomic E-state index is 5.80. The van der Waals surface area contributed by atoms with Gasteiger partial charge in [0.15, 0.2) is 0 Å². The quantitative estimate of drug-likeness (QED) is 0.537. The van der Waals surface area contributed by atoms with Gasteiger partial charge < -0.3 is 10.6 Å². The maximum absolute atomic E-state index is 5.80. The fraction of sp³-hybridized carbons (Fsp3) is 0.909. The van der Waals surface area contributed by atoms with Crippen molar-refractivity contribution in [3.05, 3.63) is 0 Å². The van der Waals surface area contributed by atoms with E-state index >= 15 is 0 Å². The van der Waals surface area contributed by atoms with Gasteiger partial charge in [0.25, 0.3) is 0 Å². The molecule has 0 aromatic rings. The van der Waals surface area contributed by atoms with Crippen LogP contribution in [0.1, 0.15) is 39.0 Å². The second-order valence-corrected chi connectivity index (χ2v) is 4.53. The van der Waals surface area contributed by atoms with E-state index < -0.39 is 0 Å². The normalized spacial score (nSPS) is 21.0. The molecule has 1 rings (SSSR count). The molecule has 2 N–H and O–H groups in total. The second-order valence-electron chi connectivity index (χ2n) is 4.53. The maximum Gasteiger partial charge on any atom is 0.0937 e. The lowest BCUT2D eigenvalue weighted by molar-refractivity contribution is 0.0700. The molecule has 0 radical (unpaired) electrons. The lowest BCUT2D eigenvalue weighted by atomic mass is 9.76. The van der Waals surface area contributed by atoms with Crippen LogP contribution in [0.4, 0.5) is 0 Å². The van der Waals surface area contributed by atoms with Crippen LogP contribution < -0.4 is 5.73 Å². The van der Waals surface area contributed by atoms with Crippen molar-refractivity contribution < 1.29 is 0 Å². The Morgan fingerprint density at radius 3 is 2.43 bits per heavy atom. The number of nitrogens with two attached hydrogens (primary N) is 1. The third kappa shape index (κ3) is 2.47. The summed E-state index contributed by atoms with van der Waals surface area (Å²) in [4.78, 5) is 6.79. The Balaban J connectivity index is 2.45. The van der Waals surface area contributed by atoms with Gasteiger partial charge in [-0.3, -0.25) is 4.99 Å². The summed E-state index contributed by atoms with van der Waals surface area (Å²) in [5.74, 6) is 0.820. The standard InChI is InChI=1S/C11H23N3/c1-4-6-10(12)13-9-11(14(2)3)7-5-8-11/h4-9H2,1-3H3,(H2,12,13). The Labute approximate surface area is 87.4 Å². The predicted molar refractivity (Wildman–Crippen MR) is 61.7 cm³/mol. The molecule has 0 aromatic carbocycles. The van der Waals surface area contributed by atoms with Crippen LogP contribution in [0.5, 0.6) is 0 Å². The zero-order valence-electron chi connectivity index (χ0n) is 9.71. The first-order valence-corrected chi connectivity index (χ1v) is 5.57. The fourth-order valence-corrected chi connectivity index (χ4v) is 1.92. The molecule has 1 aliphatic carbocycles. The summed E-state index contributed by atoms with van der Waals surface area (Å²) in [6, 6.07) is 0. The minimum Gasteiger partial charge on any atom is -0.387 e. The third-order valence-electron chi connectivity index (χ3n) is 3.32. The number of likely N-dealkylation sites (N-methyl/N-ethyl adjacent to an activating group) is 1. The molecule has 0 atom stereocenters. The topological polar surface area (TPSA) is 41.6 Å². The predicted octanol–water partition coefficient (Wildman–Crippen LogP) is 1.63. The van der Waals surface area contributed by atoms with Crippen molar-refractivity contribution in [2.75, 3.05) is 20.6 Å². The molecule has 0 amide bonds. The van der Waals surface area contributed by atoms with Crippen LogP contribution in [0.3, 0.4) is 0 Å². The Morgan fingerprint density at radius 1 is 1.43 bits per heavy atom. The molecular weight excluding hydrogens is 174 g/mol. The summed E-state index contributed by atoms with van der Waals surface area (Å²) >= 11 is 0. The first-order valence-electron chi connectivity index (χ1n) is 5.57. The second kappa shape index (κ2) is 4.78. The van der Waals surface area contributed by atoms with Crippen molar-refractivity contribution in [2.24, 2.45) is 10.7 Å². The Hall–Kier alpha value is -0.570. The average Bonchev–Trinajstić information content (AvgIpc) is 2.02. The highest BCUT2D eigenvalue weighted by molar-refractivity contribution is 5.80. The van der Waals surface area contributed by atoms with Crippen LogP contribution in [-0.4, -0.2) is 36.9 Å². The monoisotopic (exact) mass is 197 g/mol. The molecule has 14 heavy (non-hydrogen) atoms. The lowest BCUT2D eigenvalue weighted by Gasteiger charge is -2.46. The zero-order valence-corrected chi connectivity index (χ0v) is 9.71. The van der Waals surface area contributed by atoms with E-state index in [1.54, 1.807) is 0 Å². The largest absolute Gasteiger partial charge is 0.387 e. The van der Waals surface area contributed by atoms with Crippen LogP contribution in [0.2, 0.25) is 0 Å². The zero-order chi connectivity index (χ0) is 10.6. The number of aliphatic imine (C=N–C) groups is 1. The van der Waals surface area contributed by atoms with Gasteiger partial charge in [-0.1, -0.05) is 6.92 Å². The fourth-order valence-electron chi connectivity index (χ4n) is 1.92. The van der Waals surface area contributed by atoms with Gasteiger partial charge in [0.2, 0.25) is 0 Å². The molecule has 1 saturated carbocycles. The molecular formula is C11H23N3. The van der Waals surface area contributed by atoms with E-state index in [-0.39, 0.29) is 0 Å². The van der Waals surface area contributed by atoms with Crippen molar-refractivity contribution in [3.63, 3.8) is 0 Å².